The van der Waals surface area contributed by atoms with Crippen LogP contribution in [-0.2, 0) is 49.7 Å². The van der Waals surface area contributed by atoms with Crippen molar-refractivity contribution in [2.45, 2.75) is 63.6 Å². The van der Waals surface area contributed by atoms with E-state index in [9.17, 15) is 67.2 Å². The molecular weight excluding hydrogens is 756 g/mol. The zero-order valence-corrected chi connectivity index (χ0v) is 28.5. The summed E-state index contributed by atoms with van der Waals surface area (Å²) in [5, 5.41) is 20.4. The van der Waals surface area contributed by atoms with Gasteiger partial charge in [0.15, 0.2) is 0 Å². The Morgan fingerprint density at radius 2 is 1.00 bits per heavy atom. The summed E-state index contributed by atoms with van der Waals surface area (Å²) in [5.41, 5.74) is -2.91. The van der Waals surface area contributed by atoms with Crippen molar-refractivity contribution < 1.29 is 79.5 Å². The van der Waals surface area contributed by atoms with Crippen molar-refractivity contribution in [2.24, 2.45) is 0 Å². The Bertz CT molecular complexity index is 1850. The minimum Gasteiger partial charge on any atom is -0.390 e. The van der Waals surface area contributed by atoms with E-state index in [2.05, 4.69) is 22.0 Å². The molecule has 2 aromatic rings. The summed E-state index contributed by atoms with van der Waals surface area (Å²) in [6.07, 6.45) is -6.41. The Labute approximate surface area is 272 Å². The molecular formula is C20H30N4O21P4. The number of nitrogens with one attached hydrogen (secondary N) is 2. The summed E-state index contributed by atoms with van der Waals surface area (Å²) >= 11 is 0. The molecule has 0 aliphatic carbocycles. The summed E-state index contributed by atoms with van der Waals surface area (Å²) < 4.78 is 82.1. The van der Waals surface area contributed by atoms with Gasteiger partial charge in [-0.2, -0.15) is 12.9 Å². The minimum absolute atomic E-state index is 0.117. The SMILES string of the molecule is Cc1cn([C@H]2C[C@H](O)[C@@H](COP(=O)(O)OP(=O)(O)OP(=O)(O)OP(=O)(O)OC[C@H]3O[C@@H](n4cc(C)c(=O)[nH]c4=O)C[C@@H]3O)O2)c(=O)[nH]c1=O. The number of rotatable bonds is 14. The van der Waals surface area contributed by atoms with Gasteiger partial charge in [-0.05, 0) is 13.8 Å². The Balaban J connectivity index is 1.29. The highest BCUT2D eigenvalue weighted by molar-refractivity contribution is 7.69. The molecule has 2 aliphatic heterocycles. The molecule has 4 heterocycles. The number of hydrogen-bond donors (Lipinski definition) is 8. The number of H-pyrrole nitrogens is 2. The number of ether oxygens (including phenoxy) is 2. The number of aliphatic hydroxyl groups excluding tert-OH is 2. The normalized spacial score (nSPS) is 29.1. The second kappa shape index (κ2) is 14.8. The maximum Gasteiger partial charge on any atom is 0.490 e. The third-order valence-electron chi connectivity index (χ3n) is 6.74. The molecule has 8 N–H and O–H groups in total. The van der Waals surface area contributed by atoms with E-state index in [0.29, 0.717) is 0 Å². The molecule has 29 heteroatoms. The van der Waals surface area contributed by atoms with Crippen LogP contribution in [0.4, 0.5) is 0 Å². The van der Waals surface area contributed by atoms with Crippen molar-refractivity contribution in [3.8, 4) is 0 Å². The zero-order valence-electron chi connectivity index (χ0n) is 24.9. The largest absolute Gasteiger partial charge is 0.490 e. The van der Waals surface area contributed by atoms with Gasteiger partial charge in [0.2, 0.25) is 0 Å². The summed E-state index contributed by atoms with van der Waals surface area (Å²) in [5.74, 6) is 0. The van der Waals surface area contributed by atoms with Gasteiger partial charge < -0.3 is 39.3 Å². The van der Waals surface area contributed by atoms with Crippen molar-refractivity contribution in [1.82, 2.24) is 19.1 Å². The topological polar surface area (TPSA) is 364 Å². The predicted octanol–water partition coefficient (Wildman–Crippen LogP) is -1.51. The number of hydrogen-bond acceptors (Lipinski definition) is 17. The van der Waals surface area contributed by atoms with Gasteiger partial charge in [-0.15, -0.1) is 0 Å². The lowest BCUT2D eigenvalue weighted by Gasteiger charge is -2.21. The molecule has 4 rings (SSSR count). The lowest BCUT2D eigenvalue weighted by Crippen LogP contribution is -2.33. The fourth-order valence-electron chi connectivity index (χ4n) is 4.48. The summed E-state index contributed by atoms with van der Waals surface area (Å²) in [4.78, 5) is 90.5. The van der Waals surface area contributed by atoms with E-state index in [1.807, 2.05) is 9.97 Å². The van der Waals surface area contributed by atoms with Crippen LogP contribution in [0.5, 0.6) is 0 Å². The standard InChI is InChI=1S/C20H30N4O21P4/c1-9-5-23(19(29)21-17(9)27)15-3-11(25)13(41-15)7-39-46(31,32)43-48(35,36)45-49(37,38)44-47(33,34)40-8-14-12(26)4-16(42-14)24-6-10(2)18(28)22-20(24)30/h5-6,11-16,25-26H,3-4,7-8H2,1-2H3,(H,31,32)(H,33,34)(H,35,36)(H,37,38)(H,21,27,29)(H,22,28,30)/t11-,12-,13+,14+,15+,16+/m0/s1. The average molecular weight is 786 g/mol. The predicted molar refractivity (Wildman–Crippen MR) is 156 cm³/mol. The molecule has 4 unspecified atom stereocenters. The first kappa shape index (κ1) is 39.5. The first-order chi connectivity index (χ1) is 22.5. The molecule has 2 fully saturated rings. The number of aromatic amines is 2. The smallest absolute Gasteiger partial charge is 0.390 e. The van der Waals surface area contributed by atoms with E-state index in [0.717, 1.165) is 21.5 Å². The van der Waals surface area contributed by atoms with Gasteiger partial charge in [0.1, 0.15) is 24.7 Å². The molecule has 10 atom stereocenters. The van der Waals surface area contributed by atoms with Crippen LogP contribution in [0.1, 0.15) is 36.4 Å². The zero-order chi connectivity index (χ0) is 36.7. The fraction of sp³-hybridized carbons (Fsp3) is 0.600. The van der Waals surface area contributed by atoms with Crippen LogP contribution in [0.2, 0.25) is 0 Å². The Morgan fingerprint density at radius 3 is 1.35 bits per heavy atom. The van der Waals surface area contributed by atoms with Crippen LogP contribution in [-0.4, -0.2) is 86.5 Å². The van der Waals surface area contributed by atoms with E-state index in [1.54, 1.807) is 0 Å². The van der Waals surface area contributed by atoms with Crippen molar-refractivity contribution in [3.05, 3.63) is 65.2 Å². The third kappa shape index (κ3) is 10.4. The van der Waals surface area contributed by atoms with Gasteiger partial charge in [0.05, 0.1) is 25.4 Å². The number of aromatic nitrogens is 4. The van der Waals surface area contributed by atoms with Gasteiger partial charge in [-0.25, -0.2) is 27.8 Å². The van der Waals surface area contributed by atoms with Crippen LogP contribution in [0, 0.1) is 13.8 Å². The molecule has 25 nitrogen and oxygen atoms in total. The number of phosphoric ester groups is 2. The lowest BCUT2D eigenvalue weighted by atomic mass is 10.2. The van der Waals surface area contributed by atoms with Crippen LogP contribution >= 0.6 is 31.3 Å². The third-order valence-corrected chi connectivity index (χ3v) is 12.6. The lowest BCUT2D eigenvalue weighted by molar-refractivity contribution is -0.0453. The van der Waals surface area contributed by atoms with Crippen LogP contribution in [0.3, 0.4) is 0 Å². The summed E-state index contributed by atoms with van der Waals surface area (Å²) in [6.45, 7) is 0.714. The number of phosphoric acid groups is 4. The number of nitrogens with zero attached hydrogens (tertiary/aromatic N) is 2. The molecule has 2 aromatic heterocycles. The molecule has 0 saturated carbocycles. The molecule has 2 aliphatic rings. The van der Waals surface area contributed by atoms with Crippen LogP contribution in [0.15, 0.2) is 31.6 Å². The van der Waals surface area contributed by atoms with Crippen molar-refractivity contribution in [2.75, 3.05) is 13.2 Å². The van der Waals surface area contributed by atoms with Gasteiger partial charge in [-0.3, -0.25) is 37.7 Å². The van der Waals surface area contributed by atoms with Gasteiger partial charge in [0, 0.05) is 36.4 Å². The van der Waals surface area contributed by atoms with E-state index in [4.69, 9.17) is 9.47 Å². The highest BCUT2D eigenvalue weighted by atomic mass is 31.3. The van der Waals surface area contributed by atoms with Crippen LogP contribution < -0.4 is 22.5 Å². The molecule has 0 bridgehead atoms. The Morgan fingerprint density at radius 1 is 0.673 bits per heavy atom. The second-order valence-electron chi connectivity index (χ2n) is 10.5. The molecule has 0 aromatic carbocycles. The minimum atomic E-state index is -6.15. The van der Waals surface area contributed by atoms with Gasteiger partial charge in [0.25, 0.3) is 11.1 Å². The van der Waals surface area contributed by atoms with E-state index in [1.165, 1.54) is 13.8 Å². The molecule has 49 heavy (non-hydrogen) atoms. The maximum atomic E-state index is 12.3. The second-order valence-corrected chi connectivity index (χ2v) is 16.8. The van der Waals surface area contributed by atoms with Crippen LogP contribution in [0.25, 0.3) is 0 Å². The van der Waals surface area contributed by atoms with Gasteiger partial charge in [-0.1, -0.05) is 0 Å². The first-order valence-corrected chi connectivity index (χ1v) is 19.5. The van der Waals surface area contributed by atoms with E-state index < -0.39 is 104 Å². The van der Waals surface area contributed by atoms with E-state index >= 15 is 0 Å². The van der Waals surface area contributed by atoms with Gasteiger partial charge >= 0.3 is 42.7 Å². The first-order valence-electron chi connectivity index (χ1n) is 13.5. The van der Waals surface area contributed by atoms with Crippen molar-refractivity contribution in [1.29, 1.82) is 0 Å². The molecule has 0 spiro atoms. The Kier molecular flexibility index (Phi) is 11.9. The highest BCUT2D eigenvalue weighted by Gasteiger charge is 2.47. The van der Waals surface area contributed by atoms with E-state index in [-0.39, 0.29) is 24.0 Å². The molecule has 276 valence electrons. The highest BCUT2D eigenvalue weighted by Crippen LogP contribution is 2.71. The monoisotopic (exact) mass is 786 g/mol. The molecule has 0 radical (unpaired) electrons. The average Bonchev–Trinajstić information content (AvgIpc) is 3.50. The Hall–Kier alpha value is -2.24. The number of aryl methyl sites for hydroxylation is 2. The van der Waals surface area contributed by atoms with Crippen molar-refractivity contribution >= 4 is 31.3 Å². The summed E-state index contributed by atoms with van der Waals surface area (Å²) in [6, 6.07) is 0. The number of aliphatic hydroxyl groups is 2. The fourth-order valence-corrected chi connectivity index (χ4v) is 9.43. The molecule has 2 saturated heterocycles. The summed E-state index contributed by atoms with van der Waals surface area (Å²) in [7, 11) is -23.7. The quantitative estimate of drug-likeness (QED) is 0.101. The molecule has 0 amide bonds. The van der Waals surface area contributed by atoms with Crippen molar-refractivity contribution in [3.63, 3.8) is 0 Å². The maximum absolute atomic E-state index is 12.3.